The van der Waals surface area contributed by atoms with Gasteiger partial charge in [0.1, 0.15) is 6.04 Å². The molecule has 2 atom stereocenters. The molecule has 2 heterocycles. The number of aryl methyl sites for hydroxylation is 2. The van der Waals surface area contributed by atoms with Crippen LogP contribution in [0.5, 0.6) is 0 Å². The number of carbonyl (C=O) groups excluding carboxylic acids is 2. The number of rotatable bonds is 9. The van der Waals surface area contributed by atoms with Crippen molar-refractivity contribution in [2.45, 2.75) is 79.3 Å². The number of esters is 1. The van der Waals surface area contributed by atoms with Crippen molar-refractivity contribution in [2.75, 3.05) is 13.7 Å². The summed E-state index contributed by atoms with van der Waals surface area (Å²) >= 11 is 0. The molecule has 1 aromatic carbocycles. The zero-order valence-corrected chi connectivity index (χ0v) is 23.6. The van der Waals surface area contributed by atoms with Crippen LogP contribution in [0.15, 0.2) is 48.9 Å². The molecular formula is C31H43N3O3. The molecule has 1 fully saturated rings. The van der Waals surface area contributed by atoms with Crippen LogP contribution in [0.2, 0.25) is 0 Å². The van der Waals surface area contributed by atoms with Gasteiger partial charge in [-0.2, -0.15) is 0 Å². The van der Waals surface area contributed by atoms with Gasteiger partial charge in [-0.3, -0.25) is 14.6 Å². The van der Waals surface area contributed by atoms with Crippen LogP contribution < -0.4 is 5.32 Å². The summed E-state index contributed by atoms with van der Waals surface area (Å²) < 4.78 is 4.99. The van der Waals surface area contributed by atoms with Gasteiger partial charge < -0.3 is 15.0 Å². The smallest absolute Gasteiger partial charge is 0.307 e. The van der Waals surface area contributed by atoms with Crippen LogP contribution in [-0.4, -0.2) is 41.5 Å². The fourth-order valence-corrected chi connectivity index (χ4v) is 5.26. The van der Waals surface area contributed by atoms with Crippen LogP contribution in [-0.2, 0) is 14.3 Å². The average molecular weight is 506 g/mol. The highest BCUT2D eigenvalue weighted by molar-refractivity contribution is 5.83. The predicted molar refractivity (Wildman–Crippen MR) is 149 cm³/mol. The van der Waals surface area contributed by atoms with Gasteiger partial charge in [-0.15, -0.1) is 0 Å². The van der Waals surface area contributed by atoms with Crippen molar-refractivity contribution in [1.82, 2.24) is 15.2 Å². The second kappa shape index (κ2) is 11.9. The first-order valence-electron chi connectivity index (χ1n) is 13.2. The number of hydrogen-bond donors (Lipinski definition) is 1. The highest BCUT2D eigenvalue weighted by atomic mass is 16.5. The van der Waals surface area contributed by atoms with Crippen molar-refractivity contribution in [3.05, 3.63) is 65.6 Å². The molecule has 1 aliphatic rings. The lowest BCUT2D eigenvalue weighted by atomic mass is 9.81. The van der Waals surface area contributed by atoms with Gasteiger partial charge >= 0.3 is 5.97 Å². The summed E-state index contributed by atoms with van der Waals surface area (Å²) in [5, 5.41) is 3.19. The molecule has 0 spiro atoms. The molecule has 0 bridgehead atoms. The fraction of sp³-hybridized carbons (Fsp3) is 0.516. The number of carbonyl (C=O) groups is 2. The molecule has 1 unspecified atom stereocenters. The Hall–Kier alpha value is -3.15. The SMILES string of the molecule is C=C1CCC(C)(C)CN1C(CC(C)C)C(=O)N[C@@H](CC(=O)OC)c1cncc(-c2c(C)cccc2C)c1. The third kappa shape index (κ3) is 7.21. The Morgan fingerprint density at radius 3 is 2.49 bits per heavy atom. The van der Waals surface area contributed by atoms with Crippen molar-refractivity contribution in [3.8, 4) is 11.1 Å². The summed E-state index contributed by atoms with van der Waals surface area (Å²) in [4.78, 5) is 33.0. The molecule has 6 heteroatoms. The third-order valence-corrected chi connectivity index (χ3v) is 7.31. The van der Waals surface area contributed by atoms with E-state index in [0.29, 0.717) is 12.3 Å². The molecule has 1 N–H and O–H groups in total. The zero-order valence-electron chi connectivity index (χ0n) is 23.6. The number of hydrogen-bond acceptors (Lipinski definition) is 5. The van der Waals surface area contributed by atoms with Gasteiger partial charge in [0.15, 0.2) is 0 Å². The van der Waals surface area contributed by atoms with Gasteiger partial charge in [-0.05, 0) is 72.8 Å². The molecule has 1 amide bonds. The van der Waals surface area contributed by atoms with Crippen LogP contribution in [0.1, 0.15) is 76.1 Å². The number of piperidine rings is 1. The van der Waals surface area contributed by atoms with Crippen molar-refractivity contribution < 1.29 is 14.3 Å². The molecular weight excluding hydrogens is 462 g/mol. The number of nitrogens with one attached hydrogen (secondary N) is 1. The van der Waals surface area contributed by atoms with E-state index < -0.39 is 6.04 Å². The maximum absolute atomic E-state index is 13.9. The van der Waals surface area contributed by atoms with Gasteiger partial charge in [0, 0.05) is 30.2 Å². The zero-order chi connectivity index (χ0) is 27.3. The Morgan fingerprint density at radius 1 is 1.19 bits per heavy atom. The van der Waals surface area contributed by atoms with E-state index in [-0.39, 0.29) is 29.8 Å². The van der Waals surface area contributed by atoms with Crippen LogP contribution in [0, 0.1) is 25.2 Å². The molecule has 0 saturated carbocycles. The first kappa shape index (κ1) is 28.4. The molecule has 200 valence electrons. The fourth-order valence-electron chi connectivity index (χ4n) is 5.26. The largest absolute Gasteiger partial charge is 0.469 e. The van der Waals surface area contributed by atoms with Crippen LogP contribution >= 0.6 is 0 Å². The van der Waals surface area contributed by atoms with Crippen LogP contribution in [0.3, 0.4) is 0 Å². The number of nitrogens with zero attached hydrogens (tertiary/aromatic N) is 2. The maximum atomic E-state index is 13.9. The molecule has 1 aromatic heterocycles. The van der Waals surface area contributed by atoms with E-state index in [1.807, 2.05) is 18.3 Å². The summed E-state index contributed by atoms with van der Waals surface area (Å²) in [5.41, 5.74) is 6.26. The first-order chi connectivity index (χ1) is 17.4. The number of benzene rings is 1. The normalized spacial score (nSPS) is 16.9. The quantitative estimate of drug-likeness (QED) is 0.415. The van der Waals surface area contributed by atoms with Gasteiger partial charge in [-0.25, -0.2) is 0 Å². The molecule has 6 nitrogen and oxygen atoms in total. The molecule has 0 radical (unpaired) electrons. The minimum Gasteiger partial charge on any atom is -0.469 e. The molecule has 37 heavy (non-hydrogen) atoms. The summed E-state index contributed by atoms with van der Waals surface area (Å²) in [7, 11) is 1.37. The second-order valence-corrected chi connectivity index (χ2v) is 11.6. The molecule has 1 saturated heterocycles. The molecule has 0 aliphatic carbocycles. The number of methoxy groups -OCH3 is 1. The first-order valence-corrected chi connectivity index (χ1v) is 13.2. The van der Waals surface area contributed by atoms with Gasteiger partial charge in [-0.1, -0.05) is 52.5 Å². The maximum Gasteiger partial charge on any atom is 0.307 e. The van der Waals surface area contributed by atoms with Crippen molar-refractivity contribution in [1.29, 1.82) is 0 Å². The van der Waals surface area contributed by atoms with Crippen molar-refractivity contribution >= 4 is 11.9 Å². The Balaban J connectivity index is 1.96. The summed E-state index contributed by atoms with van der Waals surface area (Å²) in [6.07, 6.45) is 6.22. The van der Waals surface area contributed by atoms with Gasteiger partial charge in [0.25, 0.3) is 0 Å². The Kier molecular flexibility index (Phi) is 9.16. The standard InChI is InChI=1S/C31H43N3O3/c1-20(2)14-27(34-19-31(6,7)13-12-23(34)5)30(36)33-26(16-28(35)37-8)24-15-25(18-32-17-24)29-21(3)10-9-11-22(29)4/h9-11,15,17-18,20,26-27H,5,12-14,16,19H2,1-4,6-8H3,(H,33,36)/t26-,27?/m0/s1. The highest BCUT2D eigenvalue weighted by Gasteiger charge is 2.36. The Labute approximate surface area is 222 Å². The lowest BCUT2D eigenvalue weighted by Crippen LogP contribution is -2.52. The van der Waals surface area contributed by atoms with E-state index in [9.17, 15) is 9.59 Å². The van der Waals surface area contributed by atoms with Crippen LogP contribution in [0.25, 0.3) is 11.1 Å². The molecule has 3 rings (SSSR count). The lowest BCUT2D eigenvalue weighted by molar-refractivity contribution is -0.141. The lowest BCUT2D eigenvalue weighted by Gasteiger charge is -2.45. The third-order valence-electron chi connectivity index (χ3n) is 7.31. The monoisotopic (exact) mass is 505 g/mol. The number of amides is 1. The Morgan fingerprint density at radius 2 is 1.86 bits per heavy atom. The van der Waals surface area contributed by atoms with E-state index in [2.05, 4.69) is 75.5 Å². The van der Waals surface area contributed by atoms with Crippen molar-refractivity contribution in [3.63, 3.8) is 0 Å². The summed E-state index contributed by atoms with van der Waals surface area (Å²) in [6, 6.07) is 7.30. The highest BCUT2D eigenvalue weighted by Crippen LogP contribution is 2.36. The number of aromatic nitrogens is 1. The van der Waals surface area contributed by atoms with E-state index in [4.69, 9.17) is 4.74 Å². The van der Waals surface area contributed by atoms with Gasteiger partial charge in [0.2, 0.25) is 5.91 Å². The molecule has 2 aromatic rings. The topological polar surface area (TPSA) is 71.5 Å². The minimum atomic E-state index is -0.558. The number of allylic oxidation sites excluding steroid dienone is 1. The van der Waals surface area contributed by atoms with Crippen molar-refractivity contribution in [2.24, 2.45) is 11.3 Å². The van der Waals surface area contributed by atoms with Gasteiger partial charge in [0.05, 0.1) is 19.6 Å². The van der Waals surface area contributed by atoms with Crippen LogP contribution in [0.4, 0.5) is 0 Å². The second-order valence-electron chi connectivity index (χ2n) is 11.6. The van der Waals surface area contributed by atoms with E-state index in [1.54, 1.807) is 6.20 Å². The summed E-state index contributed by atoms with van der Waals surface area (Å²) in [5.74, 6) is -0.160. The number of pyridine rings is 1. The average Bonchev–Trinajstić information content (AvgIpc) is 2.83. The molecule has 1 aliphatic heterocycles. The predicted octanol–water partition coefficient (Wildman–Crippen LogP) is 6.14. The van der Waals surface area contributed by atoms with E-state index >= 15 is 0 Å². The summed E-state index contributed by atoms with van der Waals surface area (Å²) in [6.45, 7) is 18.0. The number of ether oxygens (including phenoxy) is 1. The van der Waals surface area contributed by atoms with E-state index in [1.165, 1.54) is 7.11 Å². The Bertz CT molecular complexity index is 1120. The minimum absolute atomic E-state index is 0.0287. The van der Waals surface area contributed by atoms with E-state index in [0.717, 1.165) is 52.9 Å². The number of likely N-dealkylation sites (tertiary alicyclic amines) is 1.